The second kappa shape index (κ2) is 7.68. The molecule has 24 heavy (non-hydrogen) atoms. The molecule has 0 unspecified atom stereocenters. The lowest BCUT2D eigenvalue weighted by molar-refractivity contribution is 0.102. The average Bonchev–Trinajstić information content (AvgIpc) is 2.97. The molecular formula is C18H18N2O2S2. The van der Waals surface area contributed by atoms with Crippen LogP contribution in [-0.4, -0.2) is 23.3 Å². The minimum absolute atomic E-state index is 0.146. The summed E-state index contributed by atoms with van der Waals surface area (Å²) in [5.74, 6) is 1.68. The fraction of sp³-hybridized carbons (Fsp3) is 0.222. The van der Waals surface area contributed by atoms with E-state index >= 15 is 0 Å². The summed E-state index contributed by atoms with van der Waals surface area (Å²) in [6.07, 6.45) is 0. The zero-order valence-corrected chi connectivity index (χ0v) is 15.2. The summed E-state index contributed by atoms with van der Waals surface area (Å²) in [7, 11) is 0. The summed E-state index contributed by atoms with van der Waals surface area (Å²) in [4.78, 5) is 18.0. The van der Waals surface area contributed by atoms with E-state index in [0.717, 1.165) is 26.6 Å². The molecule has 0 saturated heterocycles. The van der Waals surface area contributed by atoms with Crippen LogP contribution in [0.15, 0.2) is 47.4 Å². The van der Waals surface area contributed by atoms with Gasteiger partial charge in [-0.3, -0.25) is 10.1 Å². The molecule has 0 aliphatic heterocycles. The van der Waals surface area contributed by atoms with Gasteiger partial charge in [-0.15, -0.1) is 11.8 Å². The van der Waals surface area contributed by atoms with Crippen molar-refractivity contribution in [1.29, 1.82) is 0 Å². The van der Waals surface area contributed by atoms with E-state index in [1.165, 1.54) is 11.3 Å². The maximum absolute atomic E-state index is 12.4. The summed E-state index contributed by atoms with van der Waals surface area (Å²) in [6, 6.07) is 13.4. The fourth-order valence-electron chi connectivity index (χ4n) is 2.25. The van der Waals surface area contributed by atoms with Crippen LogP contribution < -0.4 is 10.1 Å². The van der Waals surface area contributed by atoms with Crippen LogP contribution in [0.5, 0.6) is 5.75 Å². The van der Waals surface area contributed by atoms with Crippen molar-refractivity contribution in [3.8, 4) is 5.75 Å². The number of carbonyl (C=O) groups is 1. The van der Waals surface area contributed by atoms with Gasteiger partial charge < -0.3 is 4.74 Å². The van der Waals surface area contributed by atoms with E-state index < -0.39 is 0 Å². The molecule has 1 heterocycles. The Bertz CT molecular complexity index is 844. The van der Waals surface area contributed by atoms with Crippen molar-refractivity contribution < 1.29 is 9.53 Å². The molecule has 0 saturated carbocycles. The normalized spacial score (nSPS) is 10.8. The van der Waals surface area contributed by atoms with Gasteiger partial charge in [0, 0.05) is 10.5 Å². The van der Waals surface area contributed by atoms with Crippen molar-refractivity contribution in [3.63, 3.8) is 0 Å². The molecule has 0 bridgehead atoms. The van der Waals surface area contributed by atoms with Gasteiger partial charge in [0.2, 0.25) is 0 Å². The molecule has 1 aromatic heterocycles. The molecule has 1 amide bonds. The third kappa shape index (κ3) is 3.88. The van der Waals surface area contributed by atoms with Gasteiger partial charge in [0.1, 0.15) is 5.75 Å². The molecule has 0 atom stereocenters. The van der Waals surface area contributed by atoms with Gasteiger partial charge in [0.25, 0.3) is 5.91 Å². The summed E-state index contributed by atoms with van der Waals surface area (Å²) < 4.78 is 6.49. The minimum Gasteiger partial charge on any atom is -0.494 e. The number of rotatable bonds is 6. The van der Waals surface area contributed by atoms with Gasteiger partial charge in [-0.05, 0) is 55.1 Å². The third-order valence-electron chi connectivity index (χ3n) is 3.32. The number of amides is 1. The van der Waals surface area contributed by atoms with E-state index in [2.05, 4.69) is 17.2 Å². The van der Waals surface area contributed by atoms with Gasteiger partial charge in [-0.25, -0.2) is 4.98 Å². The first-order valence-corrected chi connectivity index (χ1v) is 9.57. The van der Waals surface area contributed by atoms with Crippen molar-refractivity contribution >= 4 is 44.4 Å². The maximum atomic E-state index is 12.4. The SMILES string of the molecule is CCOc1ccc2nc(NC(=O)c3ccc(SCC)cc3)sc2c1. The Hall–Kier alpha value is -2.05. The number of aromatic nitrogens is 1. The van der Waals surface area contributed by atoms with Crippen LogP contribution in [0.1, 0.15) is 24.2 Å². The highest BCUT2D eigenvalue weighted by Crippen LogP contribution is 2.29. The van der Waals surface area contributed by atoms with Crippen molar-refractivity contribution in [2.45, 2.75) is 18.7 Å². The number of carbonyl (C=O) groups excluding carboxylic acids is 1. The van der Waals surface area contributed by atoms with Crippen LogP contribution in [0.4, 0.5) is 5.13 Å². The van der Waals surface area contributed by atoms with E-state index in [-0.39, 0.29) is 5.91 Å². The summed E-state index contributed by atoms with van der Waals surface area (Å²) >= 11 is 3.20. The second-order valence-corrected chi connectivity index (χ2v) is 7.36. The minimum atomic E-state index is -0.146. The molecule has 2 aromatic carbocycles. The number of nitrogens with zero attached hydrogens (tertiary/aromatic N) is 1. The number of thioether (sulfide) groups is 1. The Labute approximate surface area is 149 Å². The zero-order chi connectivity index (χ0) is 16.9. The second-order valence-electron chi connectivity index (χ2n) is 4.99. The molecule has 0 aliphatic carbocycles. The Morgan fingerprint density at radius 1 is 1.21 bits per heavy atom. The number of fused-ring (bicyclic) bond motifs is 1. The fourth-order valence-corrected chi connectivity index (χ4v) is 3.80. The number of thiazole rings is 1. The van der Waals surface area contributed by atoms with Gasteiger partial charge >= 0.3 is 0 Å². The smallest absolute Gasteiger partial charge is 0.257 e. The molecule has 3 rings (SSSR count). The largest absolute Gasteiger partial charge is 0.494 e. The van der Waals surface area contributed by atoms with Crippen LogP contribution in [-0.2, 0) is 0 Å². The molecule has 0 spiro atoms. The topological polar surface area (TPSA) is 51.2 Å². The third-order valence-corrected chi connectivity index (χ3v) is 5.15. The molecule has 0 aliphatic rings. The molecule has 0 fully saturated rings. The van der Waals surface area contributed by atoms with Crippen molar-refractivity contribution in [2.75, 3.05) is 17.7 Å². The van der Waals surface area contributed by atoms with E-state index in [4.69, 9.17) is 4.74 Å². The zero-order valence-electron chi connectivity index (χ0n) is 13.5. The number of ether oxygens (including phenoxy) is 1. The molecule has 6 heteroatoms. The lowest BCUT2D eigenvalue weighted by Gasteiger charge is -2.03. The predicted molar refractivity (Wildman–Crippen MR) is 102 cm³/mol. The van der Waals surface area contributed by atoms with Gasteiger partial charge in [0.05, 0.1) is 16.8 Å². The molecule has 0 radical (unpaired) electrons. The number of hydrogen-bond acceptors (Lipinski definition) is 5. The number of anilines is 1. The monoisotopic (exact) mass is 358 g/mol. The van der Waals surface area contributed by atoms with Crippen molar-refractivity contribution in [3.05, 3.63) is 48.0 Å². The van der Waals surface area contributed by atoms with E-state index in [0.29, 0.717) is 17.3 Å². The highest BCUT2D eigenvalue weighted by Gasteiger charge is 2.10. The van der Waals surface area contributed by atoms with Crippen molar-refractivity contribution in [1.82, 2.24) is 4.98 Å². The highest BCUT2D eigenvalue weighted by atomic mass is 32.2. The predicted octanol–water partition coefficient (Wildman–Crippen LogP) is 5.06. The summed E-state index contributed by atoms with van der Waals surface area (Å²) in [5.41, 5.74) is 1.48. The van der Waals surface area contributed by atoms with Crippen molar-refractivity contribution in [2.24, 2.45) is 0 Å². The number of nitrogens with one attached hydrogen (secondary N) is 1. The Balaban J connectivity index is 1.74. The summed E-state index contributed by atoms with van der Waals surface area (Å²) in [5, 5.41) is 3.46. The molecule has 1 N–H and O–H groups in total. The highest BCUT2D eigenvalue weighted by molar-refractivity contribution is 7.99. The molecule has 3 aromatic rings. The van der Waals surface area contributed by atoms with Gasteiger partial charge in [-0.1, -0.05) is 18.3 Å². The number of hydrogen-bond donors (Lipinski definition) is 1. The van der Waals surface area contributed by atoms with Crippen LogP contribution >= 0.6 is 23.1 Å². The average molecular weight is 358 g/mol. The molecular weight excluding hydrogens is 340 g/mol. The number of benzene rings is 2. The van der Waals surface area contributed by atoms with E-state index in [1.807, 2.05) is 49.4 Å². The standard InChI is InChI=1S/C18H18N2O2S2/c1-3-22-13-7-10-15-16(11-13)24-18(19-15)20-17(21)12-5-8-14(9-6-12)23-4-2/h5-11H,3-4H2,1-2H3,(H,19,20,21). The van der Waals surface area contributed by atoms with E-state index in [9.17, 15) is 4.79 Å². The molecule has 124 valence electrons. The van der Waals surface area contributed by atoms with Gasteiger partial charge in [0.15, 0.2) is 5.13 Å². The van der Waals surface area contributed by atoms with Crippen LogP contribution in [0.3, 0.4) is 0 Å². The lowest BCUT2D eigenvalue weighted by Crippen LogP contribution is -2.11. The Morgan fingerprint density at radius 2 is 2.00 bits per heavy atom. The Kier molecular flexibility index (Phi) is 5.37. The summed E-state index contributed by atoms with van der Waals surface area (Å²) in [6.45, 7) is 4.68. The van der Waals surface area contributed by atoms with Crippen LogP contribution in [0.25, 0.3) is 10.2 Å². The van der Waals surface area contributed by atoms with E-state index in [1.54, 1.807) is 11.8 Å². The first-order valence-electron chi connectivity index (χ1n) is 7.77. The lowest BCUT2D eigenvalue weighted by atomic mass is 10.2. The quantitative estimate of drug-likeness (QED) is 0.626. The van der Waals surface area contributed by atoms with Gasteiger partial charge in [-0.2, -0.15) is 0 Å². The Morgan fingerprint density at radius 3 is 2.71 bits per heavy atom. The van der Waals surface area contributed by atoms with Crippen LogP contribution in [0, 0.1) is 0 Å². The first-order chi connectivity index (χ1) is 11.7. The van der Waals surface area contributed by atoms with Crippen LogP contribution in [0.2, 0.25) is 0 Å². The first kappa shape index (κ1) is 16.8. The maximum Gasteiger partial charge on any atom is 0.257 e. The molecule has 4 nitrogen and oxygen atoms in total.